The van der Waals surface area contributed by atoms with Gasteiger partial charge in [-0.15, -0.1) is 10.2 Å². The van der Waals surface area contributed by atoms with Gasteiger partial charge in [0, 0.05) is 11.5 Å². The summed E-state index contributed by atoms with van der Waals surface area (Å²) in [6, 6.07) is -0.193. The Morgan fingerprint density at radius 2 is 1.87 bits per heavy atom. The lowest BCUT2D eigenvalue weighted by Gasteiger charge is -2.26. The maximum atomic E-state index is 11.9. The smallest absolute Gasteiger partial charge is 0.315 e. The molecule has 1 aromatic rings. The topological polar surface area (TPSA) is 104 Å². The summed E-state index contributed by atoms with van der Waals surface area (Å²) >= 11 is 1.50. The van der Waals surface area contributed by atoms with E-state index in [0.29, 0.717) is 32.2 Å². The number of urea groups is 1. The minimum atomic E-state index is -0.737. The highest BCUT2D eigenvalue weighted by Crippen LogP contribution is 2.25. The van der Waals surface area contributed by atoms with Crippen LogP contribution in [0.5, 0.6) is 0 Å². The number of nitrogens with one attached hydrogen (secondary N) is 2. The fourth-order valence-electron chi connectivity index (χ4n) is 2.51. The average Bonchev–Trinajstić information content (AvgIpc) is 2.95. The van der Waals surface area contributed by atoms with Crippen LogP contribution in [0.15, 0.2) is 0 Å². The van der Waals surface area contributed by atoms with E-state index in [-0.39, 0.29) is 23.4 Å². The third kappa shape index (κ3) is 5.16. The Kier molecular flexibility index (Phi) is 5.56. The molecule has 1 fully saturated rings. The number of hydrogen-bond donors (Lipinski definition) is 3. The first-order valence-electron chi connectivity index (χ1n) is 7.85. The number of carbonyl (C=O) groups is 2. The molecule has 0 saturated heterocycles. The van der Waals surface area contributed by atoms with Crippen LogP contribution in [0.1, 0.15) is 56.5 Å². The zero-order valence-electron chi connectivity index (χ0n) is 13.8. The summed E-state index contributed by atoms with van der Waals surface area (Å²) in [4.78, 5) is 22.8. The van der Waals surface area contributed by atoms with Gasteiger partial charge in [-0.25, -0.2) is 4.79 Å². The molecule has 0 spiro atoms. The molecule has 1 aliphatic carbocycles. The van der Waals surface area contributed by atoms with E-state index in [0.717, 1.165) is 10.0 Å². The Bertz CT molecular complexity index is 559. The lowest BCUT2D eigenvalue weighted by atomic mass is 9.86. The molecule has 0 aliphatic heterocycles. The maximum absolute atomic E-state index is 11.9. The van der Waals surface area contributed by atoms with Crippen molar-refractivity contribution in [2.45, 2.75) is 64.5 Å². The van der Waals surface area contributed by atoms with E-state index < -0.39 is 5.97 Å². The van der Waals surface area contributed by atoms with Crippen LogP contribution in [0.25, 0.3) is 0 Å². The van der Waals surface area contributed by atoms with Crippen molar-refractivity contribution in [1.82, 2.24) is 20.8 Å². The van der Waals surface area contributed by atoms with E-state index in [1.54, 1.807) is 0 Å². The van der Waals surface area contributed by atoms with Gasteiger partial charge in [0.1, 0.15) is 10.0 Å². The molecule has 1 saturated carbocycles. The number of carbonyl (C=O) groups excluding carboxylic acids is 1. The van der Waals surface area contributed by atoms with Crippen LogP contribution < -0.4 is 10.6 Å². The molecule has 3 N–H and O–H groups in total. The molecule has 0 radical (unpaired) electrons. The fourth-order valence-corrected chi connectivity index (χ4v) is 3.34. The second-order valence-electron chi connectivity index (χ2n) is 6.96. The Morgan fingerprint density at radius 1 is 1.22 bits per heavy atom. The first-order valence-corrected chi connectivity index (χ1v) is 8.67. The lowest BCUT2D eigenvalue weighted by Crippen LogP contribution is -2.43. The van der Waals surface area contributed by atoms with Crippen molar-refractivity contribution < 1.29 is 14.7 Å². The first-order chi connectivity index (χ1) is 10.8. The number of rotatable bonds is 4. The van der Waals surface area contributed by atoms with Gasteiger partial charge in [-0.2, -0.15) is 0 Å². The van der Waals surface area contributed by atoms with Gasteiger partial charge in [-0.05, 0) is 25.7 Å². The monoisotopic (exact) mass is 340 g/mol. The van der Waals surface area contributed by atoms with Crippen LogP contribution in [0.2, 0.25) is 0 Å². The molecule has 2 rings (SSSR count). The van der Waals surface area contributed by atoms with Crippen molar-refractivity contribution in [2.75, 3.05) is 0 Å². The molecule has 7 nitrogen and oxygen atoms in total. The van der Waals surface area contributed by atoms with Gasteiger partial charge in [-0.3, -0.25) is 4.79 Å². The summed E-state index contributed by atoms with van der Waals surface area (Å²) in [7, 11) is 0. The second kappa shape index (κ2) is 7.25. The largest absolute Gasteiger partial charge is 0.481 e. The minimum absolute atomic E-state index is 0.0407. The van der Waals surface area contributed by atoms with Gasteiger partial charge >= 0.3 is 12.0 Å². The summed E-state index contributed by atoms with van der Waals surface area (Å²) in [5, 5.41) is 24.6. The molecular weight excluding hydrogens is 316 g/mol. The summed E-state index contributed by atoms with van der Waals surface area (Å²) in [5.41, 5.74) is -0.0407. The van der Waals surface area contributed by atoms with E-state index in [4.69, 9.17) is 5.11 Å². The van der Waals surface area contributed by atoms with E-state index in [9.17, 15) is 9.59 Å². The van der Waals surface area contributed by atoms with Gasteiger partial charge in [0.15, 0.2) is 0 Å². The normalized spacial score (nSPS) is 21.7. The van der Waals surface area contributed by atoms with Crippen molar-refractivity contribution in [3.63, 3.8) is 0 Å². The van der Waals surface area contributed by atoms with Gasteiger partial charge < -0.3 is 15.7 Å². The van der Waals surface area contributed by atoms with Crippen molar-refractivity contribution in [1.29, 1.82) is 0 Å². The molecule has 2 amide bonds. The SMILES string of the molecule is CC(C)(C)c1nnc(CNC(=O)NC2CCC(C(=O)O)CC2)s1. The molecule has 128 valence electrons. The third-order valence-electron chi connectivity index (χ3n) is 3.92. The van der Waals surface area contributed by atoms with Crippen LogP contribution in [0, 0.1) is 5.92 Å². The number of aromatic nitrogens is 2. The molecule has 0 bridgehead atoms. The molecule has 0 unspecified atom stereocenters. The molecule has 0 atom stereocenters. The number of hydrogen-bond acceptors (Lipinski definition) is 5. The molecule has 23 heavy (non-hydrogen) atoms. The molecule has 8 heteroatoms. The molecule has 0 aromatic carbocycles. The highest BCUT2D eigenvalue weighted by Gasteiger charge is 2.26. The minimum Gasteiger partial charge on any atom is -0.481 e. The number of amides is 2. The van der Waals surface area contributed by atoms with Crippen LogP contribution in [-0.2, 0) is 16.8 Å². The van der Waals surface area contributed by atoms with Crippen LogP contribution in [-0.4, -0.2) is 33.3 Å². The number of nitrogens with zero attached hydrogens (tertiary/aromatic N) is 2. The summed E-state index contributed by atoms with van der Waals surface area (Å²) in [6.07, 6.45) is 2.64. The summed E-state index contributed by atoms with van der Waals surface area (Å²) in [6.45, 7) is 6.57. The first kappa shape index (κ1) is 17.7. The highest BCUT2D eigenvalue weighted by atomic mass is 32.1. The third-order valence-corrected chi connectivity index (χ3v) is 5.27. The fraction of sp³-hybridized carbons (Fsp3) is 0.733. The molecular formula is C15H24N4O3S. The van der Waals surface area contributed by atoms with Crippen LogP contribution >= 0.6 is 11.3 Å². The molecule has 1 heterocycles. The van der Waals surface area contributed by atoms with E-state index in [2.05, 4.69) is 41.6 Å². The summed E-state index contributed by atoms with van der Waals surface area (Å²) < 4.78 is 0. The van der Waals surface area contributed by atoms with E-state index in [1.165, 1.54) is 11.3 Å². The lowest BCUT2D eigenvalue weighted by molar-refractivity contribution is -0.142. The van der Waals surface area contributed by atoms with Crippen LogP contribution in [0.3, 0.4) is 0 Å². The predicted molar refractivity (Wildman–Crippen MR) is 87.4 cm³/mol. The quantitative estimate of drug-likeness (QED) is 0.780. The van der Waals surface area contributed by atoms with Crippen LogP contribution in [0.4, 0.5) is 4.79 Å². The maximum Gasteiger partial charge on any atom is 0.315 e. The van der Waals surface area contributed by atoms with Crippen molar-refractivity contribution in [2.24, 2.45) is 5.92 Å². The zero-order valence-corrected chi connectivity index (χ0v) is 14.6. The number of carboxylic acids is 1. The second-order valence-corrected chi connectivity index (χ2v) is 8.03. The highest BCUT2D eigenvalue weighted by molar-refractivity contribution is 7.11. The molecule has 1 aromatic heterocycles. The predicted octanol–water partition coefficient (Wildman–Crippen LogP) is 2.28. The van der Waals surface area contributed by atoms with Crippen molar-refractivity contribution in [3.05, 3.63) is 10.0 Å². The number of carboxylic acid groups (broad SMARTS) is 1. The molecule has 1 aliphatic rings. The van der Waals surface area contributed by atoms with Gasteiger partial charge in [0.25, 0.3) is 0 Å². The number of aliphatic carboxylic acids is 1. The van der Waals surface area contributed by atoms with Gasteiger partial charge in [-0.1, -0.05) is 32.1 Å². The van der Waals surface area contributed by atoms with E-state index >= 15 is 0 Å². The Hall–Kier alpha value is -1.70. The summed E-state index contributed by atoms with van der Waals surface area (Å²) in [5.74, 6) is -1.01. The van der Waals surface area contributed by atoms with Crippen molar-refractivity contribution >= 4 is 23.3 Å². The Labute approximate surface area is 139 Å². The standard InChI is InChI=1S/C15H24N4O3S/c1-15(2,3)13-19-18-11(23-13)8-16-14(22)17-10-6-4-9(5-7-10)12(20)21/h9-10H,4-8H2,1-3H3,(H,20,21)(H2,16,17,22). The van der Waals surface area contributed by atoms with Gasteiger partial charge in [0.2, 0.25) is 0 Å². The average molecular weight is 340 g/mol. The van der Waals surface area contributed by atoms with E-state index in [1.807, 2.05) is 0 Å². The van der Waals surface area contributed by atoms with Gasteiger partial charge in [0.05, 0.1) is 12.5 Å². The van der Waals surface area contributed by atoms with Crippen molar-refractivity contribution in [3.8, 4) is 0 Å². The Morgan fingerprint density at radius 3 is 2.39 bits per heavy atom. The Balaban J connectivity index is 1.73. The zero-order chi connectivity index (χ0) is 17.0.